The predicted octanol–water partition coefficient (Wildman–Crippen LogP) is 6.00. The number of aromatic nitrogens is 3. The van der Waals surface area contributed by atoms with Crippen LogP contribution >= 0.6 is 23.2 Å². The number of rotatable bonds is 9. The molecule has 12 heteroatoms. The third-order valence-electron chi connectivity index (χ3n) is 6.33. The molecular weight excluding hydrogens is 555 g/mol. The fourth-order valence-corrected chi connectivity index (χ4v) is 4.88. The number of nitrogens with one attached hydrogen (secondary N) is 3. The minimum absolute atomic E-state index is 0.0557. The smallest absolute Gasteiger partial charge is 0.247 e. The van der Waals surface area contributed by atoms with E-state index in [-0.39, 0.29) is 11.9 Å². The Morgan fingerprint density at radius 2 is 1.85 bits per heavy atom. The summed E-state index contributed by atoms with van der Waals surface area (Å²) in [6, 6.07) is 9.03. The molecule has 0 unspecified atom stereocenters. The number of benzene rings is 2. The first kappa shape index (κ1) is 27.4. The number of ether oxygens (including phenoxy) is 3. The van der Waals surface area contributed by atoms with E-state index in [4.69, 9.17) is 47.4 Å². The first-order valence-electron chi connectivity index (χ1n) is 12.2. The highest BCUT2D eigenvalue weighted by Gasteiger charge is 2.24. The van der Waals surface area contributed by atoms with E-state index in [2.05, 4.69) is 27.5 Å². The fraction of sp³-hybridized carbons (Fsp3) is 0.214. The zero-order chi connectivity index (χ0) is 28.4. The molecule has 0 saturated carbocycles. The van der Waals surface area contributed by atoms with E-state index in [1.165, 1.54) is 20.3 Å². The average Bonchev–Trinajstić information content (AvgIpc) is 2.92. The number of pyridine rings is 1. The van der Waals surface area contributed by atoms with Gasteiger partial charge in [-0.05, 0) is 30.7 Å². The van der Waals surface area contributed by atoms with E-state index < -0.39 is 0 Å². The monoisotopic (exact) mass is 580 g/mol. The summed E-state index contributed by atoms with van der Waals surface area (Å²) in [6.07, 6.45) is 2.89. The lowest BCUT2D eigenvalue weighted by molar-refractivity contribution is -0.111. The Hall–Kier alpha value is -4.12. The number of anilines is 4. The van der Waals surface area contributed by atoms with Crippen LogP contribution < -0.4 is 25.4 Å². The van der Waals surface area contributed by atoms with Gasteiger partial charge in [0.15, 0.2) is 5.82 Å². The molecule has 0 spiro atoms. The van der Waals surface area contributed by atoms with Crippen LogP contribution in [0.15, 0.2) is 49.2 Å². The van der Waals surface area contributed by atoms with Crippen LogP contribution in [0.2, 0.25) is 10.0 Å². The normalized spacial score (nSPS) is 12.9. The van der Waals surface area contributed by atoms with Gasteiger partial charge in [-0.25, -0.2) is 15.0 Å². The molecule has 3 heterocycles. The van der Waals surface area contributed by atoms with E-state index in [1.807, 2.05) is 19.1 Å². The molecule has 2 aromatic heterocycles. The van der Waals surface area contributed by atoms with Crippen molar-refractivity contribution in [1.82, 2.24) is 15.0 Å². The van der Waals surface area contributed by atoms with Gasteiger partial charge in [-0.2, -0.15) is 0 Å². The van der Waals surface area contributed by atoms with Gasteiger partial charge in [-0.15, -0.1) is 0 Å². The minimum Gasteiger partial charge on any atom is -0.495 e. The lowest BCUT2D eigenvalue weighted by atomic mass is 10.1. The van der Waals surface area contributed by atoms with Crippen molar-refractivity contribution in [2.75, 3.05) is 43.4 Å². The molecule has 2 aromatic carbocycles. The standard InChI is InChI=1S/C28H26Cl2N6O4/c1-5-21(37)33-17-8-6-7-14(2)25(17)35-28-31-11-15-9-18(34-27(26(15)36-28)32-16-12-40-13-16)22-23(29)19(38-3)10-20(39-4)24(22)30/h5-11,16H,1,12-13H2,2-4H3,(H,32,34)(H,33,37)(H,31,35,36). The maximum absolute atomic E-state index is 12.0. The number of hydrogen-bond donors (Lipinski definition) is 3. The number of nitrogens with zero attached hydrogens (tertiary/aromatic N) is 3. The van der Waals surface area contributed by atoms with Crippen molar-refractivity contribution < 1.29 is 19.0 Å². The van der Waals surface area contributed by atoms with Crippen LogP contribution in [-0.2, 0) is 9.53 Å². The highest BCUT2D eigenvalue weighted by atomic mass is 35.5. The first-order valence-corrected chi connectivity index (χ1v) is 13.0. The summed E-state index contributed by atoms with van der Waals surface area (Å²) in [4.78, 5) is 26.2. The highest BCUT2D eigenvalue weighted by Crippen LogP contribution is 2.46. The molecule has 0 aliphatic carbocycles. The zero-order valence-electron chi connectivity index (χ0n) is 22.0. The number of carbonyl (C=O) groups is 1. The Bertz CT molecular complexity index is 1600. The molecule has 206 valence electrons. The second kappa shape index (κ2) is 11.5. The van der Waals surface area contributed by atoms with E-state index >= 15 is 0 Å². The number of para-hydroxylation sites is 1. The first-order chi connectivity index (χ1) is 19.3. The van der Waals surface area contributed by atoms with Gasteiger partial charge in [-0.3, -0.25) is 4.79 Å². The van der Waals surface area contributed by atoms with Gasteiger partial charge >= 0.3 is 0 Å². The Morgan fingerprint density at radius 3 is 2.48 bits per heavy atom. The predicted molar refractivity (Wildman–Crippen MR) is 157 cm³/mol. The van der Waals surface area contributed by atoms with E-state index in [1.54, 1.807) is 24.4 Å². The van der Waals surface area contributed by atoms with Crippen LogP contribution in [0.5, 0.6) is 11.5 Å². The number of carbonyl (C=O) groups excluding carboxylic acids is 1. The number of hydrogen-bond acceptors (Lipinski definition) is 9. The molecule has 5 rings (SSSR count). The largest absolute Gasteiger partial charge is 0.495 e. The van der Waals surface area contributed by atoms with Crippen molar-refractivity contribution >= 4 is 63.2 Å². The molecule has 10 nitrogen and oxygen atoms in total. The second-order valence-electron chi connectivity index (χ2n) is 8.97. The summed E-state index contributed by atoms with van der Waals surface area (Å²) in [5.74, 6) is 1.29. The molecular formula is C28H26Cl2N6O4. The maximum Gasteiger partial charge on any atom is 0.247 e. The topological polar surface area (TPSA) is 120 Å². The van der Waals surface area contributed by atoms with Crippen molar-refractivity contribution in [2.24, 2.45) is 0 Å². The van der Waals surface area contributed by atoms with Crippen LogP contribution in [0.1, 0.15) is 5.56 Å². The molecule has 0 atom stereocenters. The van der Waals surface area contributed by atoms with Crippen molar-refractivity contribution in [3.8, 4) is 22.8 Å². The van der Waals surface area contributed by atoms with Crippen molar-refractivity contribution in [3.05, 3.63) is 64.8 Å². The second-order valence-corrected chi connectivity index (χ2v) is 9.72. The third-order valence-corrected chi connectivity index (χ3v) is 7.08. The van der Waals surface area contributed by atoms with E-state index in [9.17, 15) is 4.79 Å². The highest BCUT2D eigenvalue weighted by molar-refractivity contribution is 6.41. The number of amides is 1. The number of methoxy groups -OCH3 is 2. The lowest BCUT2D eigenvalue weighted by Crippen LogP contribution is -2.40. The Kier molecular flexibility index (Phi) is 7.92. The van der Waals surface area contributed by atoms with Crippen molar-refractivity contribution in [1.29, 1.82) is 0 Å². The van der Waals surface area contributed by atoms with Gasteiger partial charge in [-0.1, -0.05) is 41.9 Å². The molecule has 1 aliphatic heterocycles. The number of halogens is 2. The molecule has 1 saturated heterocycles. The van der Waals surface area contributed by atoms with E-state index in [0.717, 1.165) is 5.56 Å². The molecule has 40 heavy (non-hydrogen) atoms. The summed E-state index contributed by atoms with van der Waals surface area (Å²) in [6.45, 7) is 6.51. The minimum atomic E-state index is -0.328. The van der Waals surface area contributed by atoms with Gasteiger partial charge in [0.05, 0.1) is 60.6 Å². The van der Waals surface area contributed by atoms with Crippen LogP contribution in [0.3, 0.4) is 0 Å². The fourth-order valence-electron chi connectivity index (χ4n) is 4.18. The van der Waals surface area contributed by atoms with Crippen molar-refractivity contribution in [3.63, 3.8) is 0 Å². The van der Waals surface area contributed by atoms with Crippen molar-refractivity contribution in [2.45, 2.75) is 13.0 Å². The van der Waals surface area contributed by atoms with Crippen LogP contribution in [0, 0.1) is 6.92 Å². The van der Waals surface area contributed by atoms with Crippen LogP contribution in [-0.4, -0.2) is 54.3 Å². The van der Waals surface area contributed by atoms with Crippen LogP contribution in [0.25, 0.3) is 22.2 Å². The summed E-state index contributed by atoms with van der Waals surface area (Å²) >= 11 is 13.4. The van der Waals surface area contributed by atoms with Gasteiger partial charge < -0.3 is 30.2 Å². The van der Waals surface area contributed by atoms with Gasteiger partial charge in [0, 0.05) is 23.2 Å². The van der Waals surface area contributed by atoms with Gasteiger partial charge in [0.2, 0.25) is 11.9 Å². The summed E-state index contributed by atoms with van der Waals surface area (Å²) < 4.78 is 16.2. The lowest BCUT2D eigenvalue weighted by Gasteiger charge is -2.28. The average molecular weight is 581 g/mol. The third kappa shape index (κ3) is 5.33. The molecule has 4 aromatic rings. The van der Waals surface area contributed by atoms with Gasteiger partial charge in [0.25, 0.3) is 0 Å². The Labute approximate surface area is 240 Å². The molecule has 1 amide bonds. The molecule has 1 fully saturated rings. The molecule has 0 radical (unpaired) electrons. The zero-order valence-corrected chi connectivity index (χ0v) is 23.5. The molecule has 1 aliphatic rings. The van der Waals surface area contributed by atoms with Gasteiger partial charge in [0.1, 0.15) is 17.0 Å². The molecule has 3 N–H and O–H groups in total. The maximum atomic E-state index is 12.0. The number of aryl methyl sites for hydroxylation is 1. The number of fused-ring (bicyclic) bond motifs is 1. The molecule has 0 bridgehead atoms. The summed E-state index contributed by atoms with van der Waals surface area (Å²) in [7, 11) is 3.03. The summed E-state index contributed by atoms with van der Waals surface area (Å²) in [5.41, 5.74) is 3.63. The Morgan fingerprint density at radius 1 is 1.12 bits per heavy atom. The van der Waals surface area contributed by atoms with E-state index in [0.29, 0.717) is 80.1 Å². The Balaban J connectivity index is 1.62. The quantitative estimate of drug-likeness (QED) is 0.204. The SMILES string of the molecule is C=CC(=O)Nc1cccc(C)c1Nc1ncc2cc(-c3c(Cl)c(OC)cc(OC)c3Cl)nc(NC3COC3)c2n1. The summed E-state index contributed by atoms with van der Waals surface area (Å²) in [5, 5.41) is 10.7. The van der Waals surface area contributed by atoms with Crippen LogP contribution in [0.4, 0.5) is 23.1 Å².